The molecule has 0 saturated heterocycles. The highest BCUT2D eigenvalue weighted by atomic mass is 16.1. The van der Waals surface area contributed by atoms with Gasteiger partial charge in [-0.15, -0.1) is 0 Å². The minimum atomic E-state index is -0.0339. The van der Waals surface area contributed by atoms with Crippen LogP contribution in [0.1, 0.15) is 133 Å². The summed E-state index contributed by atoms with van der Waals surface area (Å²) in [7, 11) is 0. The number of carbonyl (C=O) groups excluding carboxylic acids is 1. The second-order valence-electron chi connectivity index (χ2n) is 17.5. The summed E-state index contributed by atoms with van der Waals surface area (Å²) in [6.07, 6.45) is 37.2. The first-order chi connectivity index (χ1) is 26.6. The van der Waals surface area contributed by atoms with E-state index >= 15 is 0 Å². The van der Waals surface area contributed by atoms with Gasteiger partial charge in [0.1, 0.15) is 0 Å². The van der Waals surface area contributed by atoms with Crippen LogP contribution in [0.2, 0.25) is 0 Å². The van der Waals surface area contributed by atoms with E-state index in [0.29, 0.717) is 6.54 Å². The van der Waals surface area contributed by atoms with Crippen LogP contribution in [-0.4, -0.2) is 45.2 Å². The van der Waals surface area contributed by atoms with E-state index in [2.05, 4.69) is 145 Å². The first kappa shape index (κ1) is 48.5. The molecular weight excluding hydrogens is 685 g/mol. The molecule has 2 aliphatic rings. The maximum atomic E-state index is 12.3. The van der Waals surface area contributed by atoms with Crippen molar-refractivity contribution in [1.82, 2.24) is 21.3 Å². The summed E-state index contributed by atoms with van der Waals surface area (Å²) < 4.78 is 0. The van der Waals surface area contributed by atoms with Gasteiger partial charge in [-0.05, 0) is 171 Å². The summed E-state index contributed by atoms with van der Waals surface area (Å²) in [6.45, 7) is 32.1. The highest BCUT2D eigenvalue weighted by Crippen LogP contribution is 2.41. The summed E-state index contributed by atoms with van der Waals surface area (Å²) in [5.74, 6) is -0.0339. The maximum Gasteiger partial charge on any atom is 0.244 e. The van der Waals surface area contributed by atoms with Gasteiger partial charge < -0.3 is 21.3 Å². The van der Waals surface area contributed by atoms with Crippen molar-refractivity contribution in [1.29, 1.82) is 0 Å². The van der Waals surface area contributed by atoms with Crippen molar-refractivity contribution in [3.8, 4) is 0 Å². The predicted octanol–water partition coefficient (Wildman–Crippen LogP) is 12.0. The summed E-state index contributed by atoms with van der Waals surface area (Å²) in [4.78, 5) is 12.3. The lowest BCUT2D eigenvalue weighted by Crippen LogP contribution is -2.27. The second-order valence-corrected chi connectivity index (χ2v) is 17.5. The van der Waals surface area contributed by atoms with Crippen molar-refractivity contribution in [2.75, 3.05) is 39.3 Å². The number of carbonyl (C=O) groups is 1. The van der Waals surface area contributed by atoms with E-state index in [1.807, 2.05) is 19.1 Å². The third-order valence-electron chi connectivity index (χ3n) is 11.0. The van der Waals surface area contributed by atoms with E-state index < -0.39 is 0 Å². The van der Waals surface area contributed by atoms with Crippen LogP contribution in [0.25, 0.3) is 0 Å². The third-order valence-corrected chi connectivity index (χ3v) is 11.0. The molecule has 0 aliphatic heterocycles. The van der Waals surface area contributed by atoms with Gasteiger partial charge in [-0.1, -0.05) is 117 Å². The Balaban J connectivity index is 1.48. The molecule has 2 aliphatic carbocycles. The molecule has 0 heterocycles. The van der Waals surface area contributed by atoms with Crippen LogP contribution >= 0.6 is 0 Å². The normalized spacial score (nSPS) is 18.7. The molecule has 4 N–H and O–H groups in total. The van der Waals surface area contributed by atoms with E-state index in [9.17, 15) is 4.79 Å². The van der Waals surface area contributed by atoms with Crippen molar-refractivity contribution < 1.29 is 4.79 Å². The largest absolute Gasteiger partial charge is 0.385 e. The van der Waals surface area contributed by atoms with Crippen LogP contribution in [0.5, 0.6) is 0 Å². The van der Waals surface area contributed by atoms with Crippen molar-refractivity contribution in [2.24, 2.45) is 10.8 Å². The van der Waals surface area contributed by atoms with Gasteiger partial charge >= 0.3 is 0 Å². The molecule has 0 atom stereocenters. The number of hydrogen-bond acceptors (Lipinski definition) is 4. The molecule has 0 fully saturated rings. The molecule has 0 radical (unpaired) electrons. The number of amides is 1. The van der Waals surface area contributed by atoms with Gasteiger partial charge in [0, 0.05) is 24.9 Å². The minimum Gasteiger partial charge on any atom is -0.385 e. The zero-order valence-corrected chi connectivity index (χ0v) is 37.4. The molecule has 0 aromatic heterocycles. The average Bonchev–Trinajstić information content (AvgIpc) is 3.10. The molecule has 5 nitrogen and oxygen atoms in total. The quantitative estimate of drug-likeness (QED) is 0.0449. The van der Waals surface area contributed by atoms with Crippen LogP contribution in [0, 0.1) is 10.8 Å². The molecule has 0 spiro atoms. The van der Waals surface area contributed by atoms with Crippen molar-refractivity contribution >= 4 is 5.91 Å². The molecular formula is C51H80N4O. The molecule has 0 aromatic carbocycles. The highest BCUT2D eigenvalue weighted by molar-refractivity contribution is 5.88. The fourth-order valence-electron chi connectivity index (χ4n) is 7.58. The van der Waals surface area contributed by atoms with Crippen molar-refractivity contribution in [3.63, 3.8) is 0 Å². The first-order valence-corrected chi connectivity index (χ1v) is 21.6. The zero-order valence-electron chi connectivity index (χ0n) is 37.4. The maximum absolute atomic E-state index is 12.3. The lowest BCUT2D eigenvalue weighted by atomic mass is 9.72. The van der Waals surface area contributed by atoms with Crippen LogP contribution < -0.4 is 21.3 Å². The first-order valence-electron chi connectivity index (χ1n) is 21.6. The highest BCUT2D eigenvalue weighted by Gasteiger charge is 2.27. The van der Waals surface area contributed by atoms with Crippen LogP contribution in [-0.2, 0) is 4.79 Å². The molecule has 1 amide bonds. The summed E-state index contributed by atoms with van der Waals surface area (Å²) in [6, 6.07) is 0. The number of unbranched alkanes of at least 4 members (excludes halogenated alkanes) is 1. The van der Waals surface area contributed by atoms with Crippen LogP contribution in [0.4, 0.5) is 0 Å². The van der Waals surface area contributed by atoms with E-state index in [0.717, 1.165) is 69.7 Å². The van der Waals surface area contributed by atoms with Gasteiger partial charge in [-0.2, -0.15) is 0 Å². The monoisotopic (exact) mass is 765 g/mol. The fourth-order valence-corrected chi connectivity index (χ4v) is 7.58. The van der Waals surface area contributed by atoms with Gasteiger partial charge in [-0.3, -0.25) is 4.79 Å². The van der Waals surface area contributed by atoms with Crippen molar-refractivity contribution in [3.05, 3.63) is 130 Å². The van der Waals surface area contributed by atoms with Crippen LogP contribution in [0.15, 0.2) is 130 Å². The molecule has 0 saturated carbocycles. The molecule has 5 heteroatoms. The van der Waals surface area contributed by atoms with Gasteiger partial charge in [0.15, 0.2) is 0 Å². The lowest BCUT2D eigenvalue weighted by molar-refractivity contribution is -0.116. The lowest BCUT2D eigenvalue weighted by Gasteiger charge is -2.33. The predicted molar refractivity (Wildman–Crippen MR) is 247 cm³/mol. The van der Waals surface area contributed by atoms with E-state index in [1.54, 1.807) is 6.08 Å². The topological polar surface area (TPSA) is 65.2 Å². The number of nitrogens with one attached hydrogen (secondary N) is 4. The SMILES string of the molecule is C=C(/C=C(C)/C=C/C=C(C)/C=C/C1=C(C)CCCC1(C)C)NCCCNCCCCNCCCNC(=O)/C=C(C)/C=C/C=C(C)/C=C/C1=C(C)CCCC1(C)C. The second kappa shape index (κ2) is 26.3. The number of hydrogen-bond donors (Lipinski definition) is 4. The summed E-state index contributed by atoms with van der Waals surface area (Å²) in [5.41, 5.74) is 12.1. The van der Waals surface area contributed by atoms with Gasteiger partial charge in [0.05, 0.1) is 0 Å². The molecule has 0 bridgehead atoms. The summed E-state index contributed by atoms with van der Waals surface area (Å²) in [5, 5.41) is 13.5. The standard InChI is InChI=1S/C51H80N4O/c1-40(26-28-47-44(5)24-16-30-50(47,8)9)20-14-22-42(3)38-46(7)54-36-18-34-52-32-12-13-33-53-35-19-37-55-49(56)39-43(4)23-15-21-41(2)27-29-48-45(6)25-17-31-51(48,10)11/h14-15,20-23,26-29,38-39,52-54H,7,12-13,16-19,24-25,30-37H2,1-6,8-11H3,(H,55,56)/b22-14+,23-15+,28-26+,29-27+,40-20+,41-21+,42-38+,43-39+. The molecule has 0 aromatic rings. The molecule has 2 rings (SSSR count). The van der Waals surface area contributed by atoms with Gasteiger partial charge in [0.2, 0.25) is 5.91 Å². The van der Waals surface area contributed by atoms with E-state index in [-0.39, 0.29) is 16.7 Å². The Morgan fingerprint density at radius 3 is 1.48 bits per heavy atom. The number of rotatable bonds is 24. The Morgan fingerprint density at radius 1 is 0.589 bits per heavy atom. The molecule has 56 heavy (non-hydrogen) atoms. The fraction of sp³-hybridized carbons (Fsp3) is 0.549. The zero-order chi connectivity index (χ0) is 41.4. The Labute approximate surface area is 344 Å². The third kappa shape index (κ3) is 20.5. The summed E-state index contributed by atoms with van der Waals surface area (Å²) >= 11 is 0. The Kier molecular flexibility index (Phi) is 22.8. The Morgan fingerprint density at radius 2 is 1.02 bits per heavy atom. The van der Waals surface area contributed by atoms with Gasteiger partial charge in [-0.25, -0.2) is 0 Å². The Bertz CT molecular complexity index is 1460. The Hall–Kier alpha value is -3.67. The molecule has 310 valence electrons. The van der Waals surface area contributed by atoms with Crippen LogP contribution in [0.3, 0.4) is 0 Å². The van der Waals surface area contributed by atoms with E-state index in [1.165, 1.54) is 77.5 Å². The van der Waals surface area contributed by atoms with Gasteiger partial charge in [0.25, 0.3) is 0 Å². The smallest absolute Gasteiger partial charge is 0.244 e. The molecule has 0 unspecified atom stereocenters. The average molecular weight is 765 g/mol. The minimum absolute atomic E-state index is 0.0339. The van der Waals surface area contributed by atoms with Crippen molar-refractivity contribution in [2.45, 2.75) is 133 Å². The van der Waals surface area contributed by atoms with E-state index in [4.69, 9.17) is 0 Å². The number of allylic oxidation sites excluding steroid dienone is 19.